The van der Waals surface area contributed by atoms with E-state index in [1.807, 2.05) is 56.6 Å². The molecular formula is C30H32N4O4. The molecule has 1 aliphatic heterocycles. The number of benzene rings is 3. The van der Waals surface area contributed by atoms with Gasteiger partial charge < -0.3 is 25.6 Å². The van der Waals surface area contributed by atoms with E-state index >= 15 is 0 Å². The molecule has 3 N–H and O–H groups in total. The first-order chi connectivity index (χ1) is 18.4. The first kappa shape index (κ1) is 26.6. The lowest BCUT2D eigenvalue weighted by Gasteiger charge is -2.16. The van der Waals surface area contributed by atoms with Crippen molar-refractivity contribution in [2.45, 2.75) is 19.4 Å². The molecule has 0 unspecified atom stereocenters. The van der Waals surface area contributed by atoms with E-state index in [1.165, 1.54) is 12.7 Å². The summed E-state index contributed by atoms with van der Waals surface area (Å²) in [6, 6.07) is 22.9. The highest BCUT2D eigenvalue weighted by atomic mass is 16.5. The van der Waals surface area contributed by atoms with Gasteiger partial charge in [0.05, 0.1) is 18.4 Å². The van der Waals surface area contributed by atoms with E-state index in [-0.39, 0.29) is 24.2 Å². The molecule has 1 aliphatic rings. The van der Waals surface area contributed by atoms with Gasteiger partial charge in [-0.05, 0) is 62.0 Å². The second-order valence-corrected chi connectivity index (χ2v) is 9.33. The number of fused-ring (bicyclic) bond motifs is 1. The average molecular weight is 513 g/mol. The van der Waals surface area contributed by atoms with Crippen LogP contribution in [-0.2, 0) is 20.9 Å². The van der Waals surface area contributed by atoms with Crippen LogP contribution in [0.2, 0.25) is 0 Å². The second-order valence-electron chi connectivity index (χ2n) is 9.33. The van der Waals surface area contributed by atoms with Gasteiger partial charge in [0, 0.05) is 42.0 Å². The number of carbonyl (C=O) groups is 3. The van der Waals surface area contributed by atoms with Crippen LogP contribution in [0.25, 0.3) is 11.3 Å². The molecular weight excluding hydrogens is 480 g/mol. The van der Waals surface area contributed by atoms with Gasteiger partial charge >= 0.3 is 5.97 Å². The zero-order valence-corrected chi connectivity index (χ0v) is 21.8. The van der Waals surface area contributed by atoms with Crippen molar-refractivity contribution >= 4 is 40.4 Å². The molecule has 0 spiro atoms. The summed E-state index contributed by atoms with van der Waals surface area (Å²) in [6.07, 6.45) is 0.707. The summed E-state index contributed by atoms with van der Waals surface area (Å²) in [5.74, 6) is -0.835. The number of carbonyl (C=O) groups excluding carboxylic acids is 3. The molecule has 3 aromatic carbocycles. The van der Waals surface area contributed by atoms with Crippen LogP contribution in [0, 0.1) is 0 Å². The molecule has 0 atom stereocenters. The maximum atomic E-state index is 13.2. The quantitative estimate of drug-likeness (QED) is 0.212. The summed E-state index contributed by atoms with van der Waals surface area (Å²) in [6.45, 7) is 1.17. The topological polar surface area (TPSA) is 99.8 Å². The number of hydrogen-bond donors (Lipinski definition) is 3. The van der Waals surface area contributed by atoms with Gasteiger partial charge in [0.1, 0.15) is 0 Å². The minimum Gasteiger partial charge on any atom is -0.469 e. The van der Waals surface area contributed by atoms with Crippen molar-refractivity contribution in [3.63, 3.8) is 0 Å². The Morgan fingerprint density at radius 1 is 0.947 bits per heavy atom. The number of methoxy groups -OCH3 is 1. The first-order valence-corrected chi connectivity index (χ1v) is 12.5. The molecule has 0 aliphatic carbocycles. The molecule has 1 heterocycles. The number of anilines is 2. The summed E-state index contributed by atoms with van der Waals surface area (Å²) in [4.78, 5) is 39.5. The molecule has 0 fully saturated rings. The standard InChI is InChI=1S/C30H32N4O4/c1-34(2)19-20-11-14-23(15-12-20)32-28(21-8-5-4-6-9-21)27-24-18-22(13-16-25(24)33-30(27)37)29(36)31-17-7-10-26(35)38-3/h4-6,8-9,11-16,18,32H,7,10,17,19H2,1-3H3,(H,31,36)(H,33,37)/b28-27-. The van der Waals surface area contributed by atoms with E-state index < -0.39 is 0 Å². The number of hydrogen-bond acceptors (Lipinski definition) is 6. The van der Waals surface area contributed by atoms with E-state index in [1.54, 1.807) is 18.2 Å². The van der Waals surface area contributed by atoms with Gasteiger partial charge in [-0.25, -0.2) is 0 Å². The van der Waals surface area contributed by atoms with Crippen molar-refractivity contribution in [2.75, 3.05) is 38.4 Å². The van der Waals surface area contributed by atoms with Gasteiger partial charge in [0.2, 0.25) is 0 Å². The molecule has 8 heteroatoms. The largest absolute Gasteiger partial charge is 0.469 e. The third-order valence-corrected chi connectivity index (χ3v) is 6.13. The van der Waals surface area contributed by atoms with Crippen molar-refractivity contribution in [1.82, 2.24) is 10.2 Å². The predicted molar refractivity (Wildman–Crippen MR) is 149 cm³/mol. The summed E-state index contributed by atoms with van der Waals surface area (Å²) in [7, 11) is 5.39. The molecule has 4 rings (SSSR count). The SMILES string of the molecule is COC(=O)CCCNC(=O)c1ccc2c(c1)/C(=C(/Nc1ccc(CN(C)C)cc1)c1ccccc1)C(=O)N2. The molecule has 3 aromatic rings. The lowest BCUT2D eigenvalue weighted by molar-refractivity contribution is -0.140. The number of amides is 2. The predicted octanol–water partition coefficient (Wildman–Crippen LogP) is 4.36. The van der Waals surface area contributed by atoms with E-state index in [0.29, 0.717) is 41.1 Å². The van der Waals surface area contributed by atoms with Crippen LogP contribution in [0.3, 0.4) is 0 Å². The molecule has 8 nitrogen and oxygen atoms in total. The molecule has 0 saturated heterocycles. The maximum absolute atomic E-state index is 13.2. The number of nitrogens with zero attached hydrogens (tertiary/aromatic N) is 1. The fourth-order valence-electron chi connectivity index (χ4n) is 4.28. The third kappa shape index (κ3) is 6.46. The fourth-order valence-corrected chi connectivity index (χ4v) is 4.28. The smallest absolute Gasteiger partial charge is 0.305 e. The summed E-state index contributed by atoms with van der Waals surface area (Å²) in [5.41, 5.74) is 5.70. The minimum absolute atomic E-state index is 0.231. The van der Waals surface area contributed by atoms with Gasteiger partial charge in [-0.2, -0.15) is 0 Å². The number of nitrogens with one attached hydrogen (secondary N) is 3. The van der Waals surface area contributed by atoms with E-state index in [4.69, 9.17) is 0 Å². The monoisotopic (exact) mass is 512 g/mol. The molecule has 196 valence electrons. The zero-order valence-electron chi connectivity index (χ0n) is 21.8. The number of rotatable bonds is 10. The first-order valence-electron chi connectivity index (χ1n) is 12.5. The summed E-state index contributed by atoms with van der Waals surface area (Å²) >= 11 is 0. The van der Waals surface area contributed by atoms with Gasteiger partial charge in [-0.15, -0.1) is 0 Å². The number of esters is 1. The Morgan fingerprint density at radius 2 is 1.68 bits per heavy atom. The van der Waals surface area contributed by atoms with E-state index in [2.05, 4.69) is 37.7 Å². The van der Waals surface area contributed by atoms with E-state index in [9.17, 15) is 14.4 Å². The van der Waals surface area contributed by atoms with Crippen molar-refractivity contribution in [3.8, 4) is 0 Å². The van der Waals surface area contributed by atoms with Crippen LogP contribution in [0.1, 0.15) is 39.9 Å². The summed E-state index contributed by atoms with van der Waals surface area (Å²) in [5, 5.41) is 9.21. The molecule has 0 saturated carbocycles. The van der Waals surface area contributed by atoms with Crippen molar-refractivity contribution < 1.29 is 19.1 Å². The zero-order chi connectivity index (χ0) is 27.1. The Hall–Kier alpha value is -4.43. The van der Waals surface area contributed by atoms with Crippen LogP contribution in [0.15, 0.2) is 72.8 Å². The van der Waals surface area contributed by atoms with Gasteiger partial charge in [0.15, 0.2) is 0 Å². The molecule has 0 aromatic heterocycles. The third-order valence-electron chi connectivity index (χ3n) is 6.13. The van der Waals surface area contributed by atoms with Gasteiger partial charge in [0.25, 0.3) is 11.8 Å². The lowest BCUT2D eigenvalue weighted by atomic mass is 9.98. The van der Waals surface area contributed by atoms with Crippen LogP contribution in [0.4, 0.5) is 11.4 Å². The maximum Gasteiger partial charge on any atom is 0.305 e. The van der Waals surface area contributed by atoms with E-state index in [0.717, 1.165) is 17.8 Å². The Balaban J connectivity index is 1.65. The highest BCUT2D eigenvalue weighted by molar-refractivity contribution is 6.37. The summed E-state index contributed by atoms with van der Waals surface area (Å²) < 4.78 is 4.63. The van der Waals surface area contributed by atoms with Crippen molar-refractivity contribution in [1.29, 1.82) is 0 Å². The van der Waals surface area contributed by atoms with Crippen LogP contribution in [-0.4, -0.2) is 50.4 Å². The average Bonchev–Trinajstić information content (AvgIpc) is 3.25. The fraction of sp³-hybridized carbons (Fsp3) is 0.233. The Morgan fingerprint density at radius 3 is 2.37 bits per heavy atom. The van der Waals surface area contributed by atoms with Crippen LogP contribution in [0.5, 0.6) is 0 Å². The molecule has 0 radical (unpaired) electrons. The second kappa shape index (κ2) is 12.2. The highest BCUT2D eigenvalue weighted by Crippen LogP contribution is 2.38. The normalized spacial score (nSPS) is 13.5. The van der Waals surface area contributed by atoms with Gasteiger partial charge in [-0.3, -0.25) is 14.4 Å². The molecule has 0 bridgehead atoms. The Bertz CT molecular complexity index is 1350. The van der Waals surface area contributed by atoms with Crippen molar-refractivity contribution in [2.24, 2.45) is 0 Å². The lowest BCUT2D eigenvalue weighted by Crippen LogP contribution is -2.25. The van der Waals surface area contributed by atoms with Crippen LogP contribution >= 0.6 is 0 Å². The highest BCUT2D eigenvalue weighted by Gasteiger charge is 2.29. The van der Waals surface area contributed by atoms with Crippen molar-refractivity contribution in [3.05, 3.63) is 95.1 Å². The van der Waals surface area contributed by atoms with Gasteiger partial charge in [-0.1, -0.05) is 42.5 Å². The molecule has 38 heavy (non-hydrogen) atoms. The number of ether oxygens (including phenoxy) is 1. The van der Waals surface area contributed by atoms with Crippen LogP contribution < -0.4 is 16.0 Å². The minimum atomic E-state index is -0.315. The molecule has 2 amide bonds. The Labute approximate surface area is 222 Å². The Kier molecular flexibility index (Phi) is 8.55.